The fraction of sp³-hybridized carbons (Fsp3) is 0.360. The molecule has 0 aliphatic heterocycles. The highest BCUT2D eigenvalue weighted by Gasteiger charge is 2.11. The molecule has 0 saturated carbocycles. The van der Waals surface area contributed by atoms with Crippen LogP contribution in [0.3, 0.4) is 0 Å². The summed E-state index contributed by atoms with van der Waals surface area (Å²) in [4.78, 5) is 23.9. The van der Waals surface area contributed by atoms with Crippen molar-refractivity contribution in [1.82, 2.24) is 5.32 Å². The molecule has 0 aliphatic rings. The minimum Gasteiger partial charge on any atom is -0.493 e. The largest absolute Gasteiger partial charge is 0.493 e. The van der Waals surface area contributed by atoms with E-state index in [0.717, 1.165) is 23.3 Å². The molecule has 2 aromatic rings. The van der Waals surface area contributed by atoms with Gasteiger partial charge < -0.3 is 19.5 Å². The molecule has 0 unspecified atom stereocenters. The Balaban J connectivity index is 1.88. The number of esters is 1. The van der Waals surface area contributed by atoms with Gasteiger partial charge in [-0.3, -0.25) is 4.79 Å². The Labute approximate surface area is 184 Å². The number of benzene rings is 2. The lowest BCUT2D eigenvalue weighted by Crippen LogP contribution is -2.29. The summed E-state index contributed by atoms with van der Waals surface area (Å²) in [7, 11) is 0. The lowest BCUT2D eigenvalue weighted by Gasteiger charge is -2.10. The molecular formula is C25H31NO5. The van der Waals surface area contributed by atoms with E-state index in [9.17, 15) is 9.59 Å². The second kappa shape index (κ2) is 12.4. The normalized spacial score (nSPS) is 11.2. The zero-order valence-electron chi connectivity index (χ0n) is 18.6. The van der Waals surface area contributed by atoms with Gasteiger partial charge in [-0.2, -0.15) is 0 Å². The first-order valence-corrected chi connectivity index (χ1v) is 10.6. The first-order valence-electron chi connectivity index (χ1n) is 10.6. The molecule has 0 aliphatic carbocycles. The van der Waals surface area contributed by atoms with Crippen LogP contribution in [-0.4, -0.2) is 37.7 Å². The van der Waals surface area contributed by atoms with Crippen LogP contribution in [0.25, 0.3) is 6.08 Å². The van der Waals surface area contributed by atoms with Gasteiger partial charge in [0.25, 0.3) is 5.91 Å². The van der Waals surface area contributed by atoms with Crippen LogP contribution in [0.15, 0.2) is 54.3 Å². The average molecular weight is 426 g/mol. The molecule has 0 bridgehead atoms. The number of nitrogens with one attached hydrogen (secondary N) is 1. The number of carbonyl (C=O) groups is 2. The zero-order chi connectivity index (χ0) is 22.6. The number of hydrogen-bond donors (Lipinski definition) is 1. The van der Waals surface area contributed by atoms with Crippen molar-refractivity contribution in [2.45, 2.75) is 40.2 Å². The first kappa shape index (κ1) is 24.0. The minimum atomic E-state index is -0.475. The Bertz CT molecular complexity index is 870. The number of ether oxygens (including phenoxy) is 3. The van der Waals surface area contributed by atoms with Crippen molar-refractivity contribution in [1.29, 1.82) is 0 Å². The highest BCUT2D eigenvalue weighted by atomic mass is 16.6. The van der Waals surface area contributed by atoms with Gasteiger partial charge in [-0.05, 0) is 69.2 Å². The number of amides is 1. The predicted molar refractivity (Wildman–Crippen MR) is 121 cm³/mol. The smallest absolute Gasteiger partial charge is 0.373 e. The second-order valence-electron chi connectivity index (χ2n) is 7.15. The van der Waals surface area contributed by atoms with Crippen molar-refractivity contribution in [2.75, 3.05) is 19.8 Å². The lowest BCUT2D eigenvalue weighted by molar-refractivity contribution is -0.142. The molecule has 1 N–H and O–H groups in total. The molecule has 31 heavy (non-hydrogen) atoms. The maximum atomic E-state index is 12.0. The van der Waals surface area contributed by atoms with Crippen LogP contribution in [0, 0.1) is 0 Å². The van der Waals surface area contributed by atoms with Crippen molar-refractivity contribution in [3.63, 3.8) is 0 Å². The number of hydrogen-bond acceptors (Lipinski definition) is 5. The van der Waals surface area contributed by atoms with Crippen LogP contribution in [0.5, 0.6) is 5.75 Å². The van der Waals surface area contributed by atoms with Gasteiger partial charge in [0.1, 0.15) is 5.75 Å². The molecular weight excluding hydrogens is 394 g/mol. The fourth-order valence-corrected chi connectivity index (χ4v) is 2.78. The summed E-state index contributed by atoms with van der Waals surface area (Å²) in [6.07, 6.45) is 2.38. The molecule has 0 spiro atoms. The summed E-state index contributed by atoms with van der Waals surface area (Å²) < 4.78 is 16.2. The molecule has 6 heteroatoms. The van der Waals surface area contributed by atoms with Crippen molar-refractivity contribution in [3.8, 4) is 5.75 Å². The van der Waals surface area contributed by atoms with Crippen molar-refractivity contribution < 1.29 is 23.8 Å². The van der Waals surface area contributed by atoms with Gasteiger partial charge in [-0.15, -0.1) is 0 Å². The SMILES string of the molecule is CCOC(=O)C(=Cc1ccc(OCCc2ccc(C(=O)NC(C)C)cc2)cc1)OCC. The summed E-state index contributed by atoms with van der Waals surface area (Å²) in [5.74, 6) is 0.377. The van der Waals surface area contributed by atoms with Crippen LogP contribution in [0.4, 0.5) is 0 Å². The van der Waals surface area contributed by atoms with Gasteiger partial charge in [0, 0.05) is 18.0 Å². The first-order chi connectivity index (χ1) is 14.9. The molecule has 0 fully saturated rings. The van der Waals surface area contributed by atoms with E-state index in [-0.39, 0.29) is 17.7 Å². The third-order valence-electron chi connectivity index (χ3n) is 4.25. The monoisotopic (exact) mass is 425 g/mol. The molecule has 0 aromatic heterocycles. The molecule has 1 amide bonds. The summed E-state index contributed by atoms with van der Waals surface area (Å²) in [6.45, 7) is 8.64. The van der Waals surface area contributed by atoms with Gasteiger partial charge in [0.15, 0.2) is 0 Å². The van der Waals surface area contributed by atoms with E-state index in [0.29, 0.717) is 25.4 Å². The van der Waals surface area contributed by atoms with Crippen LogP contribution >= 0.6 is 0 Å². The van der Waals surface area contributed by atoms with E-state index in [1.807, 2.05) is 69.3 Å². The van der Waals surface area contributed by atoms with E-state index in [2.05, 4.69) is 5.32 Å². The fourth-order valence-electron chi connectivity index (χ4n) is 2.78. The van der Waals surface area contributed by atoms with E-state index < -0.39 is 5.97 Å². The summed E-state index contributed by atoms with van der Waals surface area (Å²) in [5, 5.41) is 2.88. The van der Waals surface area contributed by atoms with E-state index >= 15 is 0 Å². The maximum absolute atomic E-state index is 12.0. The standard InChI is InChI=1S/C25H31NO5/c1-5-29-23(25(28)30-6-2)17-20-9-13-22(14-10-20)31-16-15-19-7-11-21(12-8-19)24(27)26-18(3)4/h7-14,17-18H,5-6,15-16H2,1-4H3,(H,26,27). The van der Waals surface area contributed by atoms with Crippen molar-refractivity contribution >= 4 is 18.0 Å². The van der Waals surface area contributed by atoms with E-state index in [1.54, 1.807) is 13.0 Å². The topological polar surface area (TPSA) is 73.9 Å². The molecule has 6 nitrogen and oxygen atoms in total. The molecule has 0 heterocycles. The summed E-state index contributed by atoms with van der Waals surface area (Å²) >= 11 is 0. The Morgan fingerprint density at radius 1 is 0.935 bits per heavy atom. The van der Waals surface area contributed by atoms with Crippen LogP contribution < -0.4 is 10.1 Å². The highest BCUT2D eigenvalue weighted by molar-refractivity contribution is 5.94. The lowest BCUT2D eigenvalue weighted by atomic mass is 10.1. The molecule has 0 radical (unpaired) electrons. The summed E-state index contributed by atoms with van der Waals surface area (Å²) in [6, 6.07) is 15.1. The zero-order valence-corrected chi connectivity index (χ0v) is 18.6. The van der Waals surface area contributed by atoms with Gasteiger partial charge >= 0.3 is 5.97 Å². The van der Waals surface area contributed by atoms with Crippen LogP contribution in [0.2, 0.25) is 0 Å². The number of rotatable bonds is 11. The summed E-state index contributed by atoms with van der Waals surface area (Å²) in [5.41, 5.74) is 2.56. The van der Waals surface area contributed by atoms with E-state index in [1.165, 1.54) is 0 Å². The molecule has 2 aromatic carbocycles. The maximum Gasteiger partial charge on any atom is 0.373 e. The van der Waals surface area contributed by atoms with E-state index in [4.69, 9.17) is 14.2 Å². The van der Waals surface area contributed by atoms with Gasteiger partial charge in [-0.25, -0.2) is 4.79 Å². The number of carbonyl (C=O) groups excluding carboxylic acids is 2. The Morgan fingerprint density at radius 2 is 1.58 bits per heavy atom. The van der Waals surface area contributed by atoms with Gasteiger partial charge in [0.2, 0.25) is 5.76 Å². The van der Waals surface area contributed by atoms with Crippen molar-refractivity contribution in [3.05, 3.63) is 71.0 Å². The third-order valence-corrected chi connectivity index (χ3v) is 4.25. The molecule has 166 valence electrons. The van der Waals surface area contributed by atoms with Crippen molar-refractivity contribution in [2.24, 2.45) is 0 Å². The predicted octanol–water partition coefficient (Wildman–Crippen LogP) is 4.39. The van der Waals surface area contributed by atoms with Gasteiger partial charge in [0.05, 0.1) is 19.8 Å². The Hall–Kier alpha value is -3.28. The van der Waals surface area contributed by atoms with Gasteiger partial charge in [-0.1, -0.05) is 24.3 Å². The van der Waals surface area contributed by atoms with Crippen LogP contribution in [0.1, 0.15) is 49.2 Å². The molecule has 2 rings (SSSR count). The quantitative estimate of drug-likeness (QED) is 0.328. The minimum absolute atomic E-state index is 0.0672. The average Bonchev–Trinajstić information content (AvgIpc) is 2.75. The third kappa shape index (κ3) is 8.16. The molecule has 0 atom stereocenters. The Morgan fingerprint density at radius 3 is 2.16 bits per heavy atom. The molecule has 0 saturated heterocycles. The van der Waals surface area contributed by atoms with Crippen LogP contribution in [-0.2, 0) is 20.7 Å². The Kier molecular flexibility index (Phi) is 9.62. The highest BCUT2D eigenvalue weighted by Crippen LogP contribution is 2.16. The second-order valence-corrected chi connectivity index (χ2v) is 7.15.